The van der Waals surface area contributed by atoms with Crippen LogP contribution in [0.25, 0.3) is 10.8 Å². The molecule has 0 fully saturated rings. The average molecular weight is 447 g/mol. The molecule has 0 radical (unpaired) electrons. The van der Waals surface area contributed by atoms with Crippen LogP contribution in [0, 0.1) is 5.41 Å². The summed E-state index contributed by atoms with van der Waals surface area (Å²) in [5, 5.41) is 11.9. The number of hydrogen-bond donors (Lipinski definition) is 5. The van der Waals surface area contributed by atoms with Crippen LogP contribution < -0.4 is 27.4 Å². The minimum atomic E-state index is -0.894. The molecule has 3 rings (SSSR count). The molecule has 0 bridgehead atoms. The molecule has 0 aliphatic heterocycles. The van der Waals surface area contributed by atoms with Gasteiger partial charge >= 0.3 is 0 Å². The monoisotopic (exact) mass is 446 g/mol. The molecule has 0 aromatic heterocycles. The van der Waals surface area contributed by atoms with E-state index in [1.54, 1.807) is 6.07 Å². The number of hydrogen-bond acceptors (Lipinski definition) is 4. The van der Waals surface area contributed by atoms with Gasteiger partial charge in [0.1, 0.15) is 6.04 Å². The summed E-state index contributed by atoms with van der Waals surface area (Å²) in [6, 6.07) is 21.1. The molecule has 3 aromatic carbocycles. The Hall–Kier alpha value is -3.91. The van der Waals surface area contributed by atoms with E-state index in [-0.39, 0.29) is 11.9 Å². The summed E-state index contributed by atoms with van der Waals surface area (Å²) in [5.74, 6) is -1.15. The molecule has 8 nitrogen and oxygen atoms in total. The van der Waals surface area contributed by atoms with E-state index >= 15 is 0 Å². The molecule has 0 heterocycles. The maximum absolute atomic E-state index is 13.6. The second-order valence-electron chi connectivity index (χ2n) is 7.94. The minimum Gasteiger partial charge on any atom is -0.370 e. The molecule has 3 aromatic rings. The molecule has 2 amide bonds. The first-order valence-electron chi connectivity index (χ1n) is 10.9. The summed E-state index contributed by atoms with van der Waals surface area (Å²) in [7, 11) is 0. The maximum Gasteiger partial charge on any atom is 0.244 e. The zero-order valence-corrected chi connectivity index (χ0v) is 18.4. The fourth-order valence-electron chi connectivity index (χ4n) is 3.84. The third-order valence-corrected chi connectivity index (χ3v) is 5.47. The molecular formula is C25H30N6O2. The summed E-state index contributed by atoms with van der Waals surface area (Å²) >= 11 is 0. The molecule has 0 saturated carbocycles. The highest BCUT2D eigenvalue weighted by molar-refractivity contribution is 6.04. The summed E-state index contributed by atoms with van der Waals surface area (Å²) in [6.45, 7) is 0.384. The van der Waals surface area contributed by atoms with Crippen LogP contribution >= 0.6 is 0 Å². The molecule has 0 spiro atoms. The Bertz CT molecular complexity index is 1120. The van der Waals surface area contributed by atoms with Gasteiger partial charge in [0.05, 0.1) is 6.04 Å². The molecule has 0 saturated heterocycles. The van der Waals surface area contributed by atoms with Crippen LogP contribution in [0.3, 0.4) is 0 Å². The van der Waals surface area contributed by atoms with E-state index in [1.807, 2.05) is 66.7 Å². The van der Waals surface area contributed by atoms with Crippen LogP contribution in [0.15, 0.2) is 72.8 Å². The molecule has 8 N–H and O–H groups in total. The number of benzene rings is 3. The van der Waals surface area contributed by atoms with Crippen molar-refractivity contribution in [2.24, 2.45) is 17.2 Å². The Labute approximate surface area is 193 Å². The Balaban J connectivity index is 1.93. The molecular weight excluding hydrogens is 416 g/mol. The SMILES string of the molecule is N=C(N)NCCC[C@@H](C(N)=O)N(C(=O)[C@@H](N)Cc1ccccc1)c1ccc2ccccc2c1. The third-order valence-electron chi connectivity index (χ3n) is 5.47. The van der Waals surface area contributed by atoms with Crippen molar-refractivity contribution < 1.29 is 9.59 Å². The van der Waals surface area contributed by atoms with Crippen molar-refractivity contribution in [2.75, 3.05) is 11.4 Å². The number of carbonyl (C=O) groups excluding carboxylic acids is 2. The number of nitrogens with two attached hydrogens (primary N) is 3. The lowest BCUT2D eigenvalue weighted by Gasteiger charge is -2.32. The van der Waals surface area contributed by atoms with Crippen molar-refractivity contribution in [3.8, 4) is 0 Å². The van der Waals surface area contributed by atoms with Gasteiger partial charge in [-0.25, -0.2) is 0 Å². The zero-order valence-electron chi connectivity index (χ0n) is 18.4. The summed E-state index contributed by atoms with van der Waals surface area (Å²) in [4.78, 5) is 27.5. The fraction of sp³-hybridized carbons (Fsp3) is 0.240. The van der Waals surface area contributed by atoms with E-state index in [0.29, 0.717) is 31.5 Å². The van der Waals surface area contributed by atoms with E-state index in [2.05, 4.69) is 5.32 Å². The maximum atomic E-state index is 13.6. The number of nitrogens with zero attached hydrogens (tertiary/aromatic N) is 1. The largest absolute Gasteiger partial charge is 0.370 e. The Morgan fingerprint density at radius 2 is 1.61 bits per heavy atom. The van der Waals surface area contributed by atoms with Crippen molar-refractivity contribution in [3.63, 3.8) is 0 Å². The Kier molecular flexibility index (Phi) is 7.99. The van der Waals surface area contributed by atoms with Gasteiger partial charge in [0.25, 0.3) is 0 Å². The number of anilines is 1. The van der Waals surface area contributed by atoms with Gasteiger partial charge in [-0.2, -0.15) is 0 Å². The molecule has 172 valence electrons. The number of fused-ring (bicyclic) bond motifs is 1. The smallest absolute Gasteiger partial charge is 0.244 e. The fourth-order valence-corrected chi connectivity index (χ4v) is 3.84. The molecule has 0 unspecified atom stereocenters. The topological polar surface area (TPSA) is 151 Å². The van der Waals surface area contributed by atoms with E-state index in [0.717, 1.165) is 16.3 Å². The van der Waals surface area contributed by atoms with Gasteiger partial charge < -0.3 is 22.5 Å². The highest BCUT2D eigenvalue weighted by atomic mass is 16.2. The van der Waals surface area contributed by atoms with Gasteiger partial charge in [0.2, 0.25) is 11.8 Å². The first-order valence-corrected chi connectivity index (χ1v) is 10.9. The lowest BCUT2D eigenvalue weighted by atomic mass is 10.0. The van der Waals surface area contributed by atoms with Gasteiger partial charge in [-0.3, -0.25) is 19.9 Å². The van der Waals surface area contributed by atoms with Gasteiger partial charge in [-0.05, 0) is 47.7 Å². The zero-order chi connectivity index (χ0) is 23.8. The highest BCUT2D eigenvalue weighted by Gasteiger charge is 2.32. The molecule has 2 atom stereocenters. The lowest BCUT2D eigenvalue weighted by Crippen LogP contribution is -2.54. The van der Waals surface area contributed by atoms with Crippen LogP contribution in [0.1, 0.15) is 18.4 Å². The van der Waals surface area contributed by atoms with Crippen molar-refractivity contribution in [1.29, 1.82) is 5.41 Å². The quantitative estimate of drug-likeness (QED) is 0.183. The summed E-state index contributed by atoms with van der Waals surface area (Å²) in [5.41, 5.74) is 18.9. The lowest BCUT2D eigenvalue weighted by molar-refractivity contribution is -0.125. The first-order chi connectivity index (χ1) is 15.9. The van der Waals surface area contributed by atoms with Crippen molar-refractivity contribution in [3.05, 3.63) is 78.4 Å². The second kappa shape index (κ2) is 11.1. The van der Waals surface area contributed by atoms with Crippen LogP contribution in [0.2, 0.25) is 0 Å². The normalized spacial score (nSPS) is 12.6. The predicted octanol–water partition coefficient (Wildman–Crippen LogP) is 1.86. The first kappa shape index (κ1) is 23.7. The van der Waals surface area contributed by atoms with E-state index in [4.69, 9.17) is 22.6 Å². The number of amides is 2. The van der Waals surface area contributed by atoms with E-state index in [1.165, 1.54) is 4.90 Å². The van der Waals surface area contributed by atoms with Crippen molar-refractivity contribution in [1.82, 2.24) is 5.32 Å². The molecule has 8 heteroatoms. The van der Waals surface area contributed by atoms with Crippen molar-refractivity contribution >= 4 is 34.2 Å². The number of carbonyl (C=O) groups is 2. The van der Waals surface area contributed by atoms with Gasteiger partial charge in [0, 0.05) is 12.2 Å². The highest BCUT2D eigenvalue weighted by Crippen LogP contribution is 2.26. The minimum absolute atomic E-state index is 0.155. The number of rotatable bonds is 10. The third kappa shape index (κ3) is 6.30. The van der Waals surface area contributed by atoms with Gasteiger partial charge in [-0.1, -0.05) is 60.7 Å². The van der Waals surface area contributed by atoms with E-state index in [9.17, 15) is 9.59 Å². The second-order valence-corrected chi connectivity index (χ2v) is 7.94. The Morgan fingerprint density at radius 3 is 2.27 bits per heavy atom. The van der Waals surface area contributed by atoms with Gasteiger partial charge in [-0.15, -0.1) is 0 Å². The predicted molar refractivity (Wildman–Crippen MR) is 132 cm³/mol. The number of guanidine groups is 1. The van der Waals surface area contributed by atoms with Crippen molar-refractivity contribution in [2.45, 2.75) is 31.3 Å². The van der Waals surface area contributed by atoms with Crippen LogP contribution in [-0.4, -0.2) is 36.4 Å². The summed E-state index contributed by atoms with van der Waals surface area (Å²) < 4.78 is 0. The van der Waals surface area contributed by atoms with Crippen LogP contribution in [-0.2, 0) is 16.0 Å². The van der Waals surface area contributed by atoms with Gasteiger partial charge in [0.15, 0.2) is 5.96 Å². The average Bonchev–Trinajstić information content (AvgIpc) is 2.80. The van der Waals surface area contributed by atoms with E-state index < -0.39 is 18.0 Å². The van der Waals surface area contributed by atoms with Crippen LogP contribution in [0.4, 0.5) is 5.69 Å². The molecule has 33 heavy (non-hydrogen) atoms. The molecule has 0 aliphatic carbocycles. The van der Waals surface area contributed by atoms with Crippen LogP contribution in [0.5, 0.6) is 0 Å². The number of nitrogens with one attached hydrogen (secondary N) is 2. The summed E-state index contributed by atoms with van der Waals surface area (Å²) in [6.07, 6.45) is 1.12. The Morgan fingerprint density at radius 1 is 0.939 bits per heavy atom. The standard InChI is InChI=1S/C25H30N6O2/c26-21(15-17-7-2-1-3-8-17)24(33)31(22(23(27)32)11-6-14-30-25(28)29)20-13-12-18-9-4-5-10-19(18)16-20/h1-5,7-10,12-13,16,21-22H,6,11,14-15,26H2,(H2,27,32)(H4,28,29,30)/t21-,22-/m0/s1. The molecule has 0 aliphatic rings. The number of primary amides is 1.